The molecular formula is C11H18N4O2. The Bertz CT molecular complexity index is 381. The number of ether oxygens (including phenoxy) is 1. The summed E-state index contributed by atoms with van der Waals surface area (Å²) in [5, 5.41) is 11.4. The third kappa shape index (κ3) is 2.14. The Morgan fingerprint density at radius 1 is 1.41 bits per heavy atom. The lowest BCUT2D eigenvalue weighted by Gasteiger charge is -2.44. The van der Waals surface area contributed by atoms with Crippen LogP contribution in [0.25, 0.3) is 0 Å². The number of aryl methyl sites for hydroxylation is 1. The Kier molecular flexibility index (Phi) is 2.76. The molecule has 3 rings (SSSR count). The maximum absolute atomic E-state index is 5.97. The molecule has 17 heavy (non-hydrogen) atoms. The van der Waals surface area contributed by atoms with Crippen LogP contribution in [-0.4, -0.2) is 48.6 Å². The van der Waals surface area contributed by atoms with Gasteiger partial charge in [0, 0.05) is 26.6 Å². The van der Waals surface area contributed by atoms with E-state index >= 15 is 0 Å². The molecule has 3 heterocycles. The molecule has 1 unspecified atom stereocenters. The molecule has 0 amide bonds. The van der Waals surface area contributed by atoms with Gasteiger partial charge in [-0.3, -0.25) is 0 Å². The molecule has 0 aliphatic carbocycles. The van der Waals surface area contributed by atoms with Crippen molar-refractivity contribution in [3.63, 3.8) is 0 Å². The Labute approximate surface area is 100 Å². The molecule has 2 saturated heterocycles. The summed E-state index contributed by atoms with van der Waals surface area (Å²) in [6.07, 6.45) is 2.20. The zero-order chi connectivity index (χ0) is 11.7. The van der Waals surface area contributed by atoms with E-state index in [1.54, 1.807) is 0 Å². The average molecular weight is 238 g/mol. The number of nitrogens with zero attached hydrogens (tertiary/aromatic N) is 3. The number of hydrogen-bond acceptors (Lipinski definition) is 6. The van der Waals surface area contributed by atoms with Crippen LogP contribution >= 0.6 is 0 Å². The highest BCUT2D eigenvalue weighted by atomic mass is 16.5. The van der Waals surface area contributed by atoms with Gasteiger partial charge in [-0.05, 0) is 12.8 Å². The van der Waals surface area contributed by atoms with Gasteiger partial charge in [-0.15, -0.1) is 5.10 Å². The molecule has 6 heteroatoms. The Morgan fingerprint density at radius 2 is 2.35 bits per heavy atom. The summed E-state index contributed by atoms with van der Waals surface area (Å²) in [5.74, 6) is 0.613. The van der Waals surface area contributed by atoms with Crippen LogP contribution in [0.2, 0.25) is 0 Å². The molecule has 0 aromatic carbocycles. The van der Waals surface area contributed by atoms with Crippen LogP contribution in [-0.2, 0) is 4.74 Å². The van der Waals surface area contributed by atoms with Crippen molar-refractivity contribution in [2.45, 2.75) is 25.4 Å². The summed E-state index contributed by atoms with van der Waals surface area (Å²) in [6, 6.07) is 0.621. The molecular weight excluding hydrogens is 220 g/mol. The van der Waals surface area contributed by atoms with Gasteiger partial charge < -0.3 is 19.4 Å². The summed E-state index contributed by atoms with van der Waals surface area (Å²) in [4.78, 5) is 2.14. The third-order valence-electron chi connectivity index (χ3n) is 3.46. The SMILES string of the molecule is Cc1nnc(N2CCCC3(CNCCO3)C2)o1. The van der Waals surface area contributed by atoms with Crippen molar-refractivity contribution in [1.29, 1.82) is 0 Å². The van der Waals surface area contributed by atoms with Gasteiger partial charge in [0.1, 0.15) is 0 Å². The van der Waals surface area contributed by atoms with Crippen LogP contribution in [0.3, 0.4) is 0 Å². The van der Waals surface area contributed by atoms with Gasteiger partial charge in [0.25, 0.3) is 0 Å². The van der Waals surface area contributed by atoms with E-state index in [2.05, 4.69) is 20.4 Å². The Balaban J connectivity index is 1.74. The lowest BCUT2D eigenvalue weighted by molar-refractivity contribution is -0.0732. The van der Waals surface area contributed by atoms with Crippen molar-refractivity contribution < 1.29 is 9.15 Å². The van der Waals surface area contributed by atoms with Crippen LogP contribution in [0.15, 0.2) is 4.42 Å². The summed E-state index contributed by atoms with van der Waals surface area (Å²) in [6.45, 7) is 6.26. The molecule has 6 nitrogen and oxygen atoms in total. The number of anilines is 1. The minimum absolute atomic E-state index is 0.0706. The maximum Gasteiger partial charge on any atom is 0.318 e. The van der Waals surface area contributed by atoms with Crippen molar-refractivity contribution in [3.05, 3.63) is 5.89 Å². The fraction of sp³-hybridized carbons (Fsp3) is 0.818. The minimum atomic E-state index is -0.0706. The van der Waals surface area contributed by atoms with Gasteiger partial charge >= 0.3 is 6.01 Å². The Morgan fingerprint density at radius 3 is 3.06 bits per heavy atom. The first kappa shape index (κ1) is 11.0. The van der Waals surface area contributed by atoms with Crippen LogP contribution in [0.5, 0.6) is 0 Å². The molecule has 0 saturated carbocycles. The van der Waals surface area contributed by atoms with E-state index in [9.17, 15) is 0 Å². The molecule has 0 radical (unpaired) electrons. The summed E-state index contributed by atoms with van der Waals surface area (Å²) in [5.41, 5.74) is -0.0706. The second-order valence-electron chi connectivity index (χ2n) is 4.84. The van der Waals surface area contributed by atoms with Crippen LogP contribution < -0.4 is 10.2 Å². The molecule has 1 aromatic heterocycles. The van der Waals surface area contributed by atoms with Gasteiger partial charge in [0.15, 0.2) is 0 Å². The lowest BCUT2D eigenvalue weighted by Crippen LogP contribution is -2.58. The van der Waals surface area contributed by atoms with E-state index in [0.717, 1.165) is 45.6 Å². The topological polar surface area (TPSA) is 63.4 Å². The molecule has 1 spiro atoms. The van der Waals surface area contributed by atoms with Crippen LogP contribution in [0.1, 0.15) is 18.7 Å². The highest BCUT2D eigenvalue weighted by Gasteiger charge is 2.39. The van der Waals surface area contributed by atoms with E-state index in [0.29, 0.717) is 11.9 Å². The first-order chi connectivity index (χ1) is 8.27. The van der Waals surface area contributed by atoms with Gasteiger partial charge in [0.2, 0.25) is 5.89 Å². The van der Waals surface area contributed by atoms with E-state index in [-0.39, 0.29) is 5.60 Å². The molecule has 1 aromatic rings. The normalized spacial score (nSPS) is 29.8. The molecule has 1 N–H and O–H groups in total. The van der Waals surface area contributed by atoms with Crippen LogP contribution in [0.4, 0.5) is 6.01 Å². The summed E-state index contributed by atoms with van der Waals surface area (Å²) in [7, 11) is 0. The number of morpholine rings is 1. The monoisotopic (exact) mass is 238 g/mol. The quantitative estimate of drug-likeness (QED) is 0.761. The van der Waals surface area contributed by atoms with E-state index in [1.807, 2.05) is 6.92 Å². The van der Waals surface area contributed by atoms with Crippen molar-refractivity contribution >= 4 is 6.01 Å². The van der Waals surface area contributed by atoms with Crippen molar-refractivity contribution in [3.8, 4) is 0 Å². The minimum Gasteiger partial charge on any atom is -0.408 e. The molecule has 0 bridgehead atoms. The summed E-state index contributed by atoms with van der Waals surface area (Å²) >= 11 is 0. The van der Waals surface area contributed by atoms with Crippen LogP contribution in [0, 0.1) is 6.92 Å². The fourth-order valence-electron chi connectivity index (χ4n) is 2.64. The van der Waals surface area contributed by atoms with E-state index in [4.69, 9.17) is 9.15 Å². The molecule has 94 valence electrons. The van der Waals surface area contributed by atoms with Gasteiger partial charge in [-0.25, -0.2) is 0 Å². The zero-order valence-corrected chi connectivity index (χ0v) is 10.1. The average Bonchev–Trinajstić information content (AvgIpc) is 2.77. The van der Waals surface area contributed by atoms with Gasteiger partial charge in [-0.1, -0.05) is 5.10 Å². The second-order valence-corrected chi connectivity index (χ2v) is 4.84. The summed E-state index contributed by atoms with van der Waals surface area (Å²) < 4.78 is 11.5. The number of hydrogen-bond donors (Lipinski definition) is 1. The fourth-order valence-corrected chi connectivity index (χ4v) is 2.64. The van der Waals surface area contributed by atoms with Crippen molar-refractivity contribution in [1.82, 2.24) is 15.5 Å². The second kappa shape index (κ2) is 4.27. The highest BCUT2D eigenvalue weighted by molar-refractivity contribution is 5.27. The first-order valence-corrected chi connectivity index (χ1v) is 6.17. The molecule has 2 fully saturated rings. The van der Waals surface area contributed by atoms with Crippen molar-refractivity contribution in [2.75, 3.05) is 37.7 Å². The van der Waals surface area contributed by atoms with Crippen molar-refractivity contribution in [2.24, 2.45) is 0 Å². The van der Waals surface area contributed by atoms with E-state index in [1.165, 1.54) is 0 Å². The molecule has 2 aliphatic rings. The number of piperidine rings is 1. The van der Waals surface area contributed by atoms with E-state index < -0.39 is 0 Å². The molecule has 2 aliphatic heterocycles. The maximum atomic E-state index is 5.97. The molecule has 1 atom stereocenters. The standard InChI is InChI=1S/C11H18N4O2/c1-9-13-14-10(17-9)15-5-2-3-11(8-15)7-12-4-6-16-11/h12H,2-8H2,1H3. The third-order valence-corrected chi connectivity index (χ3v) is 3.46. The predicted molar refractivity (Wildman–Crippen MR) is 62.0 cm³/mol. The number of aromatic nitrogens is 2. The highest BCUT2D eigenvalue weighted by Crippen LogP contribution is 2.28. The first-order valence-electron chi connectivity index (χ1n) is 6.17. The lowest BCUT2D eigenvalue weighted by atomic mass is 9.92. The number of nitrogens with one attached hydrogen (secondary N) is 1. The van der Waals surface area contributed by atoms with Gasteiger partial charge in [0.05, 0.1) is 18.8 Å². The largest absolute Gasteiger partial charge is 0.408 e. The smallest absolute Gasteiger partial charge is 0.318 e. The number of rotatable bonds is 1. The Hall–Kier alpha value is -1.14. The predicted octanol–water partition coefficient (Wildman–Crippen LogP) is 0.337. The zero-order valence-electron chi connectivity index (χ0n) is 10.1. The van der Waals surface area contributed by atoms with Gasteiger partial charge in [-0.2, -0.15) is 0 Å².